The van der Waals surface area contributed by atoms with Crippen molar-refractivity contribution in [2.24, 2.45) is 0 Å². The molecule has 0 atom stereocenters. The van der Waals surface area contributed by atoms with Crippen LogP contribution in [0.1, 0.15) is 35.2 Å². The standard InChI is InChI=1S/C23H21ClN6O2/c24-17-12-16(21-28-20(29-30-21)14-4-2-1-3-5-14)6-7-18(17)27-22(31)19-13-26-23(32-19)15-8-10-25-11-9-15/h1-7,12-13,15,25H,8-11H2,(H,27,31)(H,28,29,30). The first-order valence-corrected chi connectivity index (χ1v) is 10.8. The summed E-state index contributed by atoms with van der Waals surface area (Å²) in [4.78, 5) is 21.5. The third-order valence-corrected chi connectivity index (χ3v) is 5.76. The van der Waals surface area contributed by atoms with Gasteiger partial charge >= 0.3 is 0 Å². The molecular formula is C23H21ClN6O2. The molecule has 2 aromatic carbocycles. The highest BCUT2D eigenvalue weighted by atomic mass is 35.5. The fourth-order valence-corrected chi connectivity index (χ4v) is 3.93. The van der Waals surface area contributed by atoms with Crippen molar-refractivity contribution >= 4 is 23.2 Å². The summed E-state index contributed by atoms with van der Waals surface area (Å²) in [6.07, 6.45) is 3.36. The van der Waals surface area contributed by atoms with E-state index in [0.717, 1.165) is 37.1 Å². The highest BCUT2D eigenvalue weighted by Gasteiger charge is 2.22. The van der Waals surface area contributed by atoms with Crippen LogP contribution in [0.5, 0.6) is 0 Å². The molecule has 2 aromatic heterocycles. The van der Waals surface area contributed by atoms with Crippen LogP contribution in [0, 0.1) is 0 Å². The van der Waals surface area contributed by atoms with Crippen molar-refractivity contribution in [1.82, 2.24) is 25.5 Å². The number of piperidine rings is 1. The first kappa shape index (κ1) is 20.4. The van der Waals surface area contributed by atoms with E-state index in [9.17, 15) is 4.79 Å². The monoisotopic (exact) mass is 448 g/mol. The average molecular weight is 449 g/mol. The van der Waals surface area contributed by atoms with E-state index >= 15 is 0 Å². The number of benzene rings is 2. The van der Waals surface area contributed by atoms with Crippen LogP contribution in [-0.4, -0.2) is 39.2 Å². The minimum Gasteiger partial charge on any atom is -0.435 e. The molecule has 8 nitrogen and oxygen atoms in total. The molecule has 9 heteroatoms. The molecule has 0 radical (unpaired) electrons. The number of oxazole rings is 1. The van der Waals surface area contributed by atoms with E-state index < -0.39 is 5.91 Å². The summed E-state index contributed by atoms with van der Waals surface area (Å²) in [6.45, 7) is 1.85. The smallest absolute Gasteiger partial charge is 0.293 e. The third kappa shape index (κ3) is 4.28. The van der Waals surface area contributed by atoms with Crippen LogP contribution in [0.25, 0.3) is 22.8 Å². The molecule has 0 unspecified atom stereocenters. The number of halogens is 1. The van der Waals surface area contributed by atoms with Gasteiger partial charge in [-0.05, 0) is 44.1 Å². The predicted molar refractivity (Wildman–Crippen MR) is 122 cm³/mol. The Bertz CT molecular complexity index is 1230. The van der Waals surface area contributed by atoms with Gasteiger partial charge in [0.1, 0.15) is 0 Å². The molecule has 0 aliphatic carbocycles. The molecule has 162 valence electrons. The van der Waals surface area contributed by atoms with E-state index in [0.29, 0.717) is 28.2 Å². The maximum Gasteiger partial charge on any atom is 0.293 e. The summed E-state index contributed by atoms with van der Waals surface area (Å²) in [7, 11) is 0. The van der Waals surface area contributed by atoms with Gasteiger partial charge in [0.25, 0.3) is 5.91 Å². The fraction of sp³-hybridized carbons (Fsp3) is 0.217. The summed E-state index contributed by atoms with van der Waals surface area (Å²) in [5, 5.41) is 13.7. The van der Waals surface area contributed by atoms with Gasteiger partial charge in [-0.1, -0.05) is 41.9 Å². The number of carbonyl (C=O) groups is 1. The zero-order valence-electron chi connectivity index (χ0n) is 17.1. The number of nitrogens with zero attached hydrogens (tertiary/aromatic N) is 3. The lowest BCUT2D eigenvalue weighted by atomic mass is 9.98. The molecule has 1 saturated heterocycles. The minimum absolute atomic E-state index is 0.167. The number of aromatic nitrogens is 4. The first-order valence-electron chi connectivity index (χ1n) is 10.4. The SMILES string of the molecule is O=C(Nc1ccc(-c2n[nH]c(-c3ccccc3)n2)cc1Cl)c1cnc(C2CCNCC2)o1. The van der Waals surface area contributed by atoms with Crippen molar-refractivity contribution in [2.45, 2.75) is 18.8 Å². The molecule has 1 aliphatic rings. The molecule has 3 N–H and O–H groups in total. The second-order valence-electron chi connectivity index (χ2n) is 7.61. The second-order valence-corrected chi connectivity index (χ2v) is 8.02. The zero-order chi connectivity index (χ0) is 21.9. The van der Waals surface area contributed by atoms with Crippen LogP contribution >= 0.6 is 11.6 Å². The molecule has 1 fully saturated rings. The number of hydrogen-bond donors (Lipinski definition) is 3. The highest BCUT2D eigenvalue weighted by molar-refractivity contribution is 6.34. The van der Waals surface area contributed by atoms with Gasteiger partial charge in [0.2, 0.25) is 5.76 Å². The van der Waals surface area contributed by atoms with E-state index in [1.165, 1.54) is 6.20 Å². The van der Waals surface area contributed by atoms with Crippen LogP contribution in [0.2, 0.25) is 5.02 Å². The Morgan fingerprint density at radius 1 is 1.09 bits per heavy atom. The molecule has 0 bridgehead atoms. The molecule has 3 heterocycles. The van der Waals surface area contributed by atoms with Gasteiger partial charge in [-0.2, -0.15) is 5.10 Å². The van der Waals surface area contributed by atoms with Gasteiger partial charge in [-0.25, -0.2) is 9.97 Å². The highest BCUT2D eigenvalue weighted by Crippen LogP contribution is 2.29. The Kier molecular flexibility index (Phi) is 5.70. The maximum absolute atomic E-state index is 12.6. The van der Waals surface area contributed by atoms with Crippen molar-refractivity contribution in [3.63, 3.8) is 0 Å². The van der Waals surface area contributed by atoms with Crippen LogP contribution in [0.15, 0.2) is 59.1 Å². The quantitative estimate of drug-likeness (QED) is 0.414. The third-order valence-electron chi connectivity index (χ3n) is 5.44. The minimum atomic E-state index is -0.392. The fourth-order valence-electron chi connectivity index (χ4n) is 3.71. The molecule has 1 amide bonds. The number of H-pyrrole nitrogens is 1. The van der Waals surface area contributed by atoms with Gasteiger partial charge in [0.05, 0.1) is 16.9 Å². The Hall–Kier alpha value is -3.49. The van der Waals surface area contributed by atoms with E-state index in [1.54, 1.807) is 18.2 Å². The Morgan fingerprint density at radius 2 is 1.91 bits per heavy atom. The maximum atomic E-state index is 12.6. The number of nitrogens with one attached hydrogen (secondary N) is 3. The number of amides is 1. The summed E-state index contributed by atoms with van der Waals surface area (Å²) in [5.41, 5.74) is 2.15. The lowest BCUT2D eigenvalue weighted by molar-refractivity contribution is 0.0993. The number of carbonyl (C=O) groups excluding carboxylic acids is 1. The molecule has 4 aromatic rings. The largest absolute Gasteiger partial charge is 0.435 e. The Morgan fingerprint density at radius 3 is 2.69 bits per heavy atom. The Labute approximate surface area is 189 Å². The molecule has 1 aliphatic heterocycles. The van der Waals surface area contributed by atoms with Crippen molar-refractivity contribution in [3.8, 4) is 22.8 Å². The molecule has 32 heavy (non-hydrogen) atoms. The Balaban J connectivity index is 1.29. The van der Waals surface area contributed by atoms with Gasteiger partial charge in [-0.3, -0.25) is 9.89 Å². The summed E-state index contributed by atoms with van der Waals surface area (Å²) < 4.78 is 5.72. The zero-order valence-corrected chi connectivity index (χ0v) is 17.9. The number of rotatable bonds is 5. The van der Waals surface area contributed by atoms with Gasteiger partial charge in [0, 0.05) is 17.0 Å². The normalized spacial score (nSPS) is 14.4. The average Bonchev–Trinajstić information content (AvgIpc) is 3.52. The van der Waals surface area contributed by atoms with Crippen LogP contribution in [0.4, 0.5) is 5.69 Å². The molecule has 0 spiro atoms. The van der Waals surface area contributed by atoms with Gasteiger partial charge < -0.3 is 15.1 Å². The van der Waals surface area contributed by atoms with Crippen LogP contribution in [-0.2, 0) is 0 Å². The van der Waals surface area contributed by atoms with E-state index in [1.807, 2.05) is 30.3 Å². The second kappa shape index (κ2) is 8.94. The van der Waals surface area contributed by atoms with Crippen molar-refractivity contribution < 1.29 is 9.21 Å². The van der Waals surface area contributed by atoms with Gasteiger partial charge in [-0.15, -0.1) is 0 Å². The lowest BCUT2D eigenvalue weighted by Crippen LogP contribution is -2.26. The first-order chi connectivity index (χ1) is 15.7. The molecule has 5 rings (SSSR count). The van der Waals surface area contributed by atoms with Crippen molar-refractivity contribution in [2.75, 3.05) is 18.4 Å². The number of hydrogen-bond acceptors (Lipinski definition) is 6. The number of anilines is 1. The summed E-state index contributed by atoms with van der Waals surface area (Å²) in [6, 6.07) is 15.0. The van der Waals surface area contributed by atoms with E-state index in [2.05, 4.69) is 30.8 Å². The van der Waals surface area contributed by atoms with Gasteiger partial charge in [0.15, 0.2) is 17.5 Å². The predicted octanol–water partition coefficient (Wildman–Crippen LogP) is 4.50. The number of aromatic amines is 1. The van der Waals surface area contributed by atoms with Crippen LogP contribution < -0.4 is 10.6 Å². The summed E-state index contributed by atoms with van der Waals surface area (Å²) >= 11 is 6.43. The van der Waals surface area contributed by atoms with Crippen LogP contribution in [0.3, 0.4) is 0 Å². The summed E-state index contributed by atoms with van der Waals surface area (Å²) in [5.74, 6) is 1.81. The lowest BCUT2D eigenvalue weighted by Gasteiger charge is -2.19. The van der Waals surface area contributed by atoms with E-state index in [-0.39, 0.29) is 11.7 Å². The molecular weight excluding hydrogens is 428 g/mol. The van der Waals surface area contributed by atoms with Crippen molar-refractivity contribution in [1.29, 1.82) is 0 Å². The molecule has 0 saturated carbocycles. The topological polar surface area (TPSA) is 109 Å². The van der Waals surface area contributed by atoms with E-state index in [4.69, 9.17) is 16.0 Å². The van der Waals surface area contributed by atoms with Crippen molar-refractivity contribution in [3.05, 3.63) is 71.4 Å².